The number of ether oxygens (including phenoxy) is 4. The number of amides is 2. The summed E-state index contributed by atoms with van der Waals surface area (Å²) in [5.41, 5.74) is 2.03. The molecule has 1 saturated heterocycles. The molecule has 3 aliphatic rings. The first kappa shape index (κ1) is 21.5. The second kappa shape index (κ2) is 8.57. The molecule has 1 fully saturated rings. The molecule has 0 unspecified atom stereocenters. The van der Waals surface area contributed by atoms with Crippen LogP contribution in [0.5, 0.6) is 17.2 Å². The molecule has 9 nitrogen and oxygen atoms in total. The van der Waals surface area contributed by atoms with Crippen LogP contribution < -0.4 is 19.5 Å². The topological polar surface area (TPSA) is 107 Å². The first-order valence-corrected chi connectivity index (χ1v) is 10.9. The van der Waals surface area contributed by atoms with Crippen LogP contribution in [-0.2, 0) is 9.53 Å². The van der Waals surface area contributed by atoms with Crippen LogP contribution >= 0.6 is 0 Å². The zero-order valence-electron chi connectivity index (χ0n) is 18.4. The minimum atomic E-state index is -0.525. The standard InChI is InChI=1S/C24H26N2O7/c1-26(2)22(28)10-15-9-17-16-8-14(4-6-18(16)33-23(17)21(11-27)32-15)25-24(29)13-3-5-19-20(7-13)31-12-30-19/h3-8,15,17,21,23,27H,9-12H2,1-2H3,(H,25,29)/t15-,17-,21+,23+/m0/s1. The third-order valence-electron chi connectivity index (χ3n) is 6.29. The second-order valence-electron chi connectivity index (χ2n) is 8.67. The number of hydrogen-bond acceptors (Lipinski definition) is 7. The predicted octanol–water partition coefficient (Wildman–Crippen LogP) is 2.14. The number of fused-ring (bicyclic) bond motifs is 4. The summed E-state index contributed by atoms with van der Waals surface area (Å²) in [4.78, 5) is 26.5. The number of aliphatic hydroxyl groups excluding tert-OH is 1. The Bertz CT molecular complexity index is 1090. The minimum absolute atomic E-state index is 0.0287. The summed E-state index contributed by atoms with van der Waals surface area (Å²) in [5, 5.41) is 12.8. The number of carbonyl (C=O) groups is 2. The van der Waals surface area contributed by atoms with Crippen LogP contribution in [0.2, 0.25) is 0 Å². The lowest BCUT2D eigenvalue weighted by molar-refractivity contribution is -0.147. The van der Waals surface area contributed by atoms with Gasteiger partial charge in [-0.05, 0) is 42.8 Å². The number of rotatable bonds is 5. The van der Waals surface area contributed by atoms with Crippen molar-refractivity contribution in [3.05, 3.63) is 47.5 Å². The zero-order chi connectivity index (χ0) is 23.1. The molecular formula is C24H26N2O7. The van der Waals surface area contributed by atoms with Crippen LogP contribution in [-0.4, -0.2) is 67.6 Å². The van der Waals surface area contributed by atoms with E-state index in [1.807, 2.05) is 12.1 Å². The number of nitrogens with one attached hydrogen (secondary N) is 1. The lowest BCUT2D eigenvalue weighted by atomic mass is 9.84. The number of hydrogen-bond donors (Lipinski definition) is 2. The summed E-state index contributed by atoms with van der Waals surface area (Å²) < 4.78 is 22.7. The molecule has 2 aromatic carbocycles. The Morgan fingerprint density at radius 1 is 1.09 bits per heavy atom. The highest BCUT2D eigenvalue weighted by molar-refractivity contribution is 6.04. The van der Waals surface area contributed by atoms with Crippen molar-refractivity contribution in [3.8, 4) is 17.2 Å². The van der Waals surface area contributed by atoms with Gasteiger partial charge in [-0.3, -0.25) is 9.59 Å². The molecule has 9 heteroatoms. The van der Waals surface area contributed by atoms with E-state index in [1.54, 1.807) is 38.4 Å². The Hall–Kier alpha value is -3.30. The molecule has 3 aliphatic heterocycles. The van der Waals surface area contributed by atoms with E-state index in [4.69, 9.17) is 18.9 Å². The van der Waals surface area contributed by atoms with Gasteiger partial charge < -0.3 is 34.3 Å². The van der Waals surface area contributed by atoms with Gasteiger partial charge in [-0.25, -0.2) is 0 Å². The molecule has 0 aliphatic carbocycles. The minimum Gasteiger partial charge on any atom is -0.487 e. The summed E-state index contributed by atoms with van der Waals surface area (Å²) in [6.07, 6.45) is -0.353. The Balaban J connectivity index is 1.34. The Morgan fingerprint density at radius 3 is 2.67 bits per heavy atom. The van der Waals surface area contributed by atoms with Gasteiger partial charge in [-0.2, -0.15) is 0 Å². The molecule has 174 valence electrons. The molecule has 3 heterocycles. The third-order valence-corrected chi connectivity index (χ3v) is 6.29. The molecule has 5 rings (SSSR count). The van der Waals surface area contributed by atoms with Gasteiger partial charge in [0.2, 0.25) is 12.7 Å². The highest BCUT2D eigenvalue weighted by atomic mass is 16.7. The van der Waals surface area contributed by atoms with Gasteiger partial charge in [0, 0.05) is 36.8 Å². The lowest BCUT2D eigenvalue weighted by Crippen LogP contribution is -2.47. The van der Waals surface area contributed by atoms with Crippen LogP contribution in [0.3, 0.4) is 0 Å². The summed E-state index contributed by atoms with van der Waals surface area (Å²) in [6.45, 7) is -0.0526. The first-order valence-electron chi connectivity index (χ1n) is 10.9. The summed E-state index contributed by atoms with van der Waals surface area (Å²) in [5.74, 6) is 1.52. The molecule has 2 amide bonds. The number of anilines is 1. The molecule has 2 N–H and O–H groups in total. The quantitative estimate of drug-likeness (QED) is 0.713. The van der Waals surface area contributed by atoms with Crippen molar-refractivity contribution in [1.82, 2.24) is 4.90 Å². The molecule has 0 radical (unpaired) electrons. The lowest BCUT2D eigenvalue weighted by Gasteiger charge is -2.37. The molecule has 0 aromatic heterocycles. The van der Waals surface area contributed by atoms with Crippen LogP contribution in [0.25, 0.3) is 0 Å². The Morgan fingerprint density at radius 2 is 1.88 bits per heavy atom. The maximum atomic E-state index is 12.8. The first-order chi connectivity index (χ1) is 15.9. The van der Waals surface area contributed by atoms with E-state index in [-0.39, 0.29) is 49.8 Å². The van der Waals surface area contributed by atoms with Crippen molar-refractivity contribution < 1.29 is 33.6 Å². The maximum absolute atomic E-state index is 12.8. The Kier molecular flexibility index (Phi) is 5.59. The molecule has 4 atom stereocenters. The van der Waals surface area contributed by atoms with Gasteiger partial charge in [-0.15, -0.1) is 0 Å². The van der Waals surface area contributed by atoms with Crippen molar-refractivity contribution in [2.24, 2.45) is 0 Å². The van der Waals surface area contributed by atoms with Crippen molar-refractivity contribution >= 4 is 17.5 Å². The van der Waals surface area contributed by atoms with E-state index in [0.29, 0.717) is 34.9 Å². The van der Waals surface area contributed by atoms with Crippen molar-refractivity contribution in [3.63, 3.8) is 0 Å². The van der Waals surface area contributed by atoms with Crippen LogP contribution in [0.4, 0.5) is 5.69 Å². The highest BCUT2D eigenvalue weighted by Crippen LogP contribution is 2.47. The van der Waals surface area contributed by atoms with Crippen LogP contribution in [0.1, 0.15) is 34.7 Å². The van der Waals surface area contributed by atoms with Gasteiger partial charge in [-0.1, -0.05) is 0 Å². The van der Waals surface area contributed by atoms with Gasteiger partial charge in [0.05, 0.1) is 19.1 Å². The van der Waals surface area contributed by atoms with Gasteiger partial charge in [0.25, 0.3) is 5.91 Å². The summed E-state index contributed by atoms with van der Waals surface area (Å²) in [6, 6.07) is 10.5. The normalized spacial score (nSPS) is 24.5. The zero-order valence-corrected chi connectivity index (χ0v) is 18.4. The average molecular weight is 454 g/mol. The SMILES string of the molecule is CN(C)C(=O)C[C@@H]1C[C@H]2c3cc(NC(=O)c4ccc5c(c4)OCO5)ccc3O[C@H]2[C@@H](CO)O1. The van der Waals surface area contributed by atoms with Gasteiger partial charge >= 0.3 is 0 Å². The summed E-state index contributed by atoms with van der Waals surface area (Å²) >= 11 is 0. The van der Waals surface area contributed by atoms with Crippen LogP contribution in [0.15, 0.2) is 36.4 Å². The number of carbonyl (C=O) groups excluding carboxylic acids is 2. The fraction of sp³-hybridized carbons (Fsp3) is 0.417. The van der Waals surface area contributed by atoms with Gasteiger partial charge in [0.15, 0.2) is 11.5 Å². The molecule has 0 spiro atoms. The number of nitrogens with zero attached hydrogens (tertiary/aromatic N) is 1. The maximum Gasteiger partial charge on any atom is 0.255 e. The fourth-order valence-corrected chi connectivity index (χ4v) is 4.59. The highest BCUT2D eigenvalue weighted by Gasteiger charge is 2.46. The van der Waals surface area contributed by atoms with Crippen molar-refractivity contribution in [1.29, 1.82) is 0 Å². The monoisotopic (exact) mass is 454 g/mol. The predicted molar refractivity (Wildman–Crippen MR) is 118 cm³/mol. The second-order valence-corrected chi connectivity index (χ2v) is 8.67. The Labute approximate surface area is 191 Å². The van der Waals surface area contributed by atoms with E-state index in [9.17, 15) is 14.7 Å². The van der Waals surface area contributed by atoms with E-state index in [2.05, 4.69) is 5.32 Å². The van der Waals surface area contributed by atoms with Gasteiger partial charge in [0.1, 0.15) is 18.0 Å². The smallest absolute Gasteiger partial charge is 0.255 e. The van der Waals surface area contributed by atoms with Crippen LogP contribution in [0, 0.1) is 0 Å². The van der Waals surface area contributed by atoms with E-state index in [0.717, 1.165) is 5.56 Å². The van der Waals surface area contributed by atoms with Crippen molar-refractivity contribution in [2.75, 3.05) is 32.8 Å². The molecule has 0 bridgehead atoms. The number of benzene rings is 2. The molecular weight excluding hydrogens is 428 g/mol. The summed E-state index contributed by atoms with van der Waals surface area (Å²) in [7, 11) is 3.42. The van der Waals surface area contributed by atoms with Crippen molar-refractivity contribution in [2.45, 2.75) is 37.1 Å². The van der Waals surface area contributed by atoms with E-state index < -0.39 is 6.10 Å². The molecule has 0 saturated carbocycles. The fourth-order valence-electron chi connectivity index (χ4n) is 4.59. The largest absolute Gasteiger partial charge is 0.487 e. The average Bonchev–Trinajstić information content (AvgIpc) is 3.42. The molecule has 2 aromatic rings. The van der Waals surface area contributed by atoms with E-state index >= 15 is 0 Å². The third kappa shape index (κ3) is 4.09. The molecule has 33 heavy (non-hydrogen) atoms. The van der Waals surface area contributed by atoms with E-state index in [1.165, 1.54) is 4.90 Å². The number of aliphatic hydroxyl groups is 1.